The number of aromatic nitrogens is 1. The second kappa shape index (κ2) is 6.13. The number of rotatable bonds is 3. The van der Waals surface area contributed by atoms with E-state index in [9.17, 15) is 13.9 Å². The summed E-state index contributed by atoms with van der Waals surface area (Å²) in [5.74, 6) is -0.175. The summed E-state index contributed by atoms with van der Waals surface area (Å²) in [7, 11) is 2.14. The lowest BCUT2D eigenvalue weighted by atomic mass is 9.78. The number of halogens is 2. The van der Waals surface area contributed by atoms with E-state index in [0.29, 0.717) is 24.1 Å². The fourth-order valence-electron chi connectivity index (χ4n) is 5.27. The minimum absolute atomic E-state index is 0.234. The summed E-state index contributed by atoms with van der Waals surface area (Å²) in [6.07, 6.45) is 2.19. The molecule has 3 aliphatic rings. The van der Waals surface area contributed by atoms with Crippen LogP contribution in [0.25, 0.3) is 10.9 Å². The second-order valence-electron chi connectivity index (χ2n) is 8.56. The standard InChI is InChI=1S/C23H24F2N2O/c1-23(28,15-4-6-16(24)7-5-15)13-27-19-10-8-17(25)11-18(19)21-20-9-3-14(22(21)27)12-26(20)2/h4-8,10-11,14,20,28H,3,9,12-13H2,1-2H3. The number of aliphatic hydroxyl groups is 1. The van der Waals surface area contributed by atoms with E-state index in [4.69, 9.17) is 0 Å². The molecular weight excluding hydrogens is 358 g/mol. The van der Waals surface area contributed by atoms with E-state index < -0.39 is 5.60 Å². The van der Waals surface area contributed by atoms with Crippen LogP contribution in [0.5, 0.6) is 0 Å². The van der Waals surface area contributed by atoms with Gasteiger partial charge in [0.15, 0.2) is 0 Å². The maximum absolute atomic E-state index is 14.1. The van der Waals surface area contributed by atoms with E-state index in [1.807, 2.05) is 6.07 Å². The lowest BCUT2D eigenvalue weighted by Gasteiger charge is -2.44. The van der Waals surface area contributed by atoms with Crippen LogP contribution in [0.2, 0.25) is 0 Å². The van der Waals surface area contributed by atoms with Gasteiger partial charge in [-0.1, -0.05) is 12.1 Å². The van der Waals surface area contributed by atoms with E-state index >= 15 is 0 Å². The van der Waals surface area contributed by atoms with Crippen molar-refractivity contribution in [3.63, 3.8) is 0 Å². The Kier molecular flexibility index (Phi) is 3.90. The molecule has 3 aromatic rings. The van der Waals surface area contributed by atoms with Gasteiger partial charge in [0.05, 0.1) is 6.54 Å². The van der Waals surface area contributed by atoms with Crippen molar-refractivity contribution in [3.8, 4) is 0 Å². The van der Waals surface area contributed by atoms with Gasteiger partial charge in [0.25, 0.3) is 0 Å². The molecular formula is C23H24F2N2O. The Bertz CT molecular complexity index is 1050. The van der Waals surface area contributed by atoms with Gasteiger partial charge in [-0.2, -0.15) is 0 Å². The van der Waals surface area contributed by atoms with Gasteiger partial charge in [0, 0.05) is 35.1 Å². The fraction of sp³-hybridized carbons (Fsp3) is 0.391. The van der Waals surface area contributed by atoms with Gasteiger partial charge in [-0.15, -0.1) is 0 Å². The van der Waals surface area contributed by atoms with Crippen molar-refractivity contribution >= 4 is 10.9 Å². The molecule has 5 heteroatoms. The van der Waals surface area contributed by atoms with Gasteiger partial charge in [-0.05, 0) is 68.3 Å². The van der Waals surface area contributed by atoms with Crippen molar-refractivity contribution in [2.45, 2.75) is 43.9 Å². The Hall–Kier alpha value is -2.24. The first-order valence-corrected chi connectivity index (χ1v) is 9.85. The van der Waals surface area contributed by atoms with Crippen LogP contribution in [-0.2, 0) is 12.1 Å². The van der Waals surface area contributed by atoms with E-state index in [1.165, 1.54) is 29.5 Å². The first-order valence-electron chi connectivity index (χ1n) is 9.85. The van der Waals surface area contributed by atoms with Crippen molar-refractivity contribution in [3.05, 3.63) is 70.9 Å². The lowest BCUT2D eigenvalue weighted by molar-refractivity contribution is 0.0367. The number of benzene rings is 2. The van der Waals surface area contributed by atoms with Crippen LogP contribution in [0.3, 0.4) is 0 Å². The Morgan fingerprint density at radius 1 is 1.07 bits per heavy atom. The van der Waals surface area contributed by atoms with Gasteiger partial charge in [0.1, 0.15) is 17.2 Å². The van der Waals surface area contributed by atoms with Crippen LogP contribution in [0.15, 0.2) is 42.5 Å². The zero-order valence-electron chi connectivity index (χ0n) is 16.1. The van der Waals surface area contributed by atoms with Crippen LogP contribution in [-0.4, -0.2) is 28.2 Å². The van der Waals surface area contributed by atoms with E-state index in [2.05, 4.69) is 16.5 Å². The molecule has 0 radical (unpaired) electrons. The lowest BCUT2D eigenvalue weighted by Crippen LogP contribution is -2.41. The maximum Gasteiger partial charge on any atom is 0.123 e. The second-order valence-corrected chi connectivity index (χ2v) is 8.56. The minimum Gasteiger partial charge on any atom is -0.384 e. The number of hydrogen-bond donors (Lipinski definition) is 1. The van der Waals surface area contributed by atoms with E-state index in [0.717, 1.165) is 30.3 Å². The summed E-state index contributed by atoms with van der Waals surface area (Å²) in [6.45, 7) is 3.09. The van der Waals surface area contributed by atoms with Crippen LogP contribution in [0.4, 0.5) is 8.78 Å². The highest BCUT2D eigenvalue weighted by molar-refractivity contribution is 5.87. The zero-order chi connectivity index (χ0) is 19.6. The molecule has 3 nitrogen and oxygen atoms in total. The number of fused-ring (bicyclic) bond motifs is 3. The average molecular weight is 382 g/mol. The van der Waals surface area contributed by atoms with Crippen LogP contribution in [0.1, 0.15) is 48.5 Å². The molecule has 3 unspecified atom stereocenters. The molecule has 0 spiro atoms. The summed E-state index contributed by atoms with van der Waals surface area (Å²) >= 11 is 0. The van der Waals surface area contributed by atoms with Crippen molar-refractivity contribution in [2.75, 3.05) is 13.6 Å². The summed E-state index contributed by atoms with van der Waals surface area (Å²) in [4.78, 5) is 2.36. The quantitative estimate of drug-likeness (QED) is 0.712. The topological polar surface area (TPSA) is 28.4 Å². The van der Waals surface area contributed by atoms with Gasteiger partial charge in [0.2, 0.25) is 0 Å². The number of likely N-dealkylation sites (N-methyl/N-ethyl adjacent to an activating group) is 1. The van der Waals surface area contributed by atoms with Gasteiger partial charge < -0.3 is 9.67 Å². The minimum atomic E-state index is -1.16. The molecule has 1 N–H and O–H groups in total. The van der Waals surface area contributed by atoms with Crippen LogP contribution < -0.4 is 0 Å². The predicted molar refractivity (Wildman–Crippen MR) is 105 cm³/mol. The smallest absolute Gasteiger partial charge is 0.123 e. The fourth-order valence-corrected chi connectivity index (χ4v) is 5.27. The third-order valence-corrected chi connectivity index (χ3v) is 6.59. The van der Waals surface area contributed by atoms with Crippen LogP contribution >= 0.6 is 0 Å². The summed E-state index contributed by atoms with van der Waals surface area (Å²) < 4.78 is 29.6. The molecule has 3 heterocycles. The molecule has 2 bridgehead atoms. The molecule has 1 saturated heterocycles. The Balaban J connectivity index is 1.68. The van der Waals surface area contributed by atoms with Crippen molar-refractivity contribution in [1.29, 1.82) is 0 Å². The molecule has 2 aromatic carbocycles. The van der Waals surface area contributed by atoms with Crippen molar-refractivity contribution < 1.29 is 13.9 Å². The highest BCUT2D eigenvalue weighted by atomic mass is 19.1. The molecule has 0 amide bonds. The van der Waals surface area contributed by atoms with Gasteiger partial charge in [-0.3, -0.25) is 4.90 Å². The largest absolute Gasteiger partial charge is 0.384 e. The molecule has 2 aliphatic heterocycles. The van der Waals surface area contributed by atoms with Gasteiger partial charge >= 0.3 is 0 Å². The Morgan fingerprint density at radius 3 is 2.50 bits per heavy atom. The first-order chi connectivity index (χ1) is 13.3. The van der Waals surface area contributed by atoms with Crippen molar-refractivity contribution in [2.24, 2.45) is 0 Å². The predicted octanol–water partition coefficient (Wildman–Crippen LogP) is 4.69. The first kappa shape index (κ1) is 17.8. The molecule has 1 aliphatic carbocycles. The molecule has 146 valence electrons. The molecule has 3 atom stereocenters. The van der Waals surface area contributed by atoms with Gasteiger partial charge in [-0.25, -0.2) is 8.78 Å². The summed E-state index contributed by atoms with van der Waals surface area (Å²) in [5.41, 5.74) is 2.92. The molecule has 6 rings (SSSR count). The normalized spacial score (nSPS) is 23.8. The SMILES string of the molecule is CN1CC2CCC1c1c2n(CC(C)(O)c2ccc(F)cc2)c2ccc(F)cc12. The Labute approximate surface area is 163 Å². The average Bonchev–Trinajstić information content (AvgIpc) is 2.97. The zero-order valence-corrected chi connectivity index (χ0v) is 16.1. The monoisotopic (exact) mass is 382 g/mol. The summed E-state index contributed by atoms with van der Waals surface area (Å²) in [6, 6.07) is 11.2. The van der Waals surface area contributed by atoms with Crippen LogP contribution in [0, 0.1) is 11.6 Å². The number of nitrogens with zero attached hydrogens (tertiary/aromatic N) is 2. The van der Waals surface area contributed by atoms with E-state index in [1.54, 1.807) is 25.1 Å². The maximum atomic E-state index is 14.1. The highest BCUT2D eigenvalue weighted by Crippen LogP contribution is 2.50. The highest BCUT2D eigenvalue weighted by Gasteiger charge is 2.41. The Morgan fingerprint density at radius 2 is 1.79 bits per heavy atom. The molecule has 1 fully saturated rings. The number of hydrogen-bond acceptors (Lipinski definition) is 2. The van der Waals surface area contributed by atoms with E-state index in [-0.39, 0.29) is 11.6 Å². The summed E-state index contributed by atoms with van der Waals surface area (Å²) in [5, 5.41) is 12.2. The van der Waals surface area contributed by atoms with Crippen molar-refractivity contribution in [1.82, 2.24) is 9.47 Å². The molecule has 28 heavy (non-hydrogen) atoms. The molecule has 0 saturated carbocycles. The third kappa shape index (κ3) is 2.60. The molecule has 1 aromatic heterocycles. The third-order valence-electron chi connectivity index (χ3n) is 6.59. The number of piperidine rings is 1.